The summed E-state index contributed by atoms with van der Waals surface area (Å²) in [6.45, 7) is 2.66. The van der Waals surface area contributed by atoms with Gasteiger partial charge in [-0.3, -0.25) is 0 Å². The van der Waals surface area contributed by atoms with Gasteiger partial charge in [-0.05, 0) is 0 Å². The van der Waals surface area contributed by atoms with Gasteiger partial charge in [-0.2, -0.15) is 0 Å². The fourth-order valence-electron chi connectivity index (χ4n) is 1.64. The van der Waals surface area contributed by atoms with Crippen LogP contribution in [-0.4, -0.2) is 33.7 Å². The van der Waals surface area contributed by atoms with Crippen LogP contribution < -0.4 is 23.0 Å². The maximum absolute atomic E-state index is 5.84. The molecule has 0 aromatic heterocycles. The molecule has 0 saturated carbocycles. The van der Waals surface area contributed by atoms with E-state index in [1.807, 2.05) is 43.3 Å². The molecule has 21 heavy (non-hydrogen) atoms. The van der Waals surface area contributed by atoms with E-state index in [4.69, 9.17) is 13.9 Å². The third-order valence-electron chi connectivity index (χ3n) is 2.59. The van der Waals surface area contributed by atoms with E-state index in [0.29, 0.717) is 6.61 Å². The molecule has 0 radical (unpaired) electrons. The topological polar surface area (TPSA) is 36.9 Å². The molecule has 0 aliphatic rings. The van der Waals surface area contributed by atoms with Gasteiger partial charge in [-0.15, -0.1) is 0 Å². The molecule has 1 aromatic rings. The van der Waals surface area contributed by atoms with Gasteiger partial charge in [0.15, 0.2) is 0 Å². The molecule has 0 aliphatic heterocycles. The van der Waals surface area contributed by atoms with Gasteiger partial charge < -0.3 is 0 Å². The van der Waals surface area contributed by atoms with E-state index in [9.17, 15) is 0 Å². The third-order valence-corrected chi connectivity index (χ3v) is 12.7. The number of hydrogen-bond donors (Lipinski definition) is 0. The molecule has 0 N–H and O–H groups in total. The number of hydrogen-bond acceptors (Lipinski definition) is 5. The monoisotopic (exact) mass is 427 g/mol. The third kappa shape index (κ3) is 6.15. The Morgan fingerprint density at radius 1 is 1.10 bits per heavy atom. The molecule has 0 spiro atoms. The summed E-state index contributed by atoms with van der Waals surface area (Å²) in [6, 6.07) is 8.03. The Bertz CT molecular complexity index is 427. The molecule has 4 nitrogen and oxygen atoms in total. The molecular weight excluding hydrogens is 403 g/mol. The standard InChI is InChI=1S/C15H24IO4S/c1-5-9-14-10-6-7-11-15(14)20-12-8-13-21-16(17-2,18-3)19-4/h5-7,9-11H,8,12-13H2,1-4H3/q-1/b9-5+. The molecule has 0 aliphatic carbocycles. The van der Waals surface area contributed by atoms with Crippen molar-refractivity contribution < 1.29 is 32.2 Å². The average Bonchev–Trinajstić information content (AvgIpc) is 2.53. The van der Waals surface area contributed by atoms with Gasteiger partial charge in [0.1, 0.15) is 0 Å². The molecular formula is C15H24IO4S-. The summed E-state index contributed by atoms with van der Waals surface area (Å²) in [7, 11) is 6.56. The van der Waals surface area contributed by atoms with Crippen LogP contribution in [0, 0.1) is 0 Å². The van der Waals surface area contributed by atoms with Crippen LogP contribution in [0.1, 0.15) is 18.9 Å². The number of halogens is 1. The zero-order valence-electron chi connectivity index (χ0n) is 13.0. The predicted molar refractivity (Wildman–Crippen MR) is 84.7 cm³/mol. The second kappa shape index (κ2) is 10.4. The van der Waals surface area contributed by atoms with Crippen molar-refractivity contribution in [1.82, 2.24) is 0 Å². The van der Waals surface area contributed by atoms with Crippen molar-refractivity contribution >= 4 is 15.0 Å². The molecule has 0 fully saturated rings. The van der Waals surface area contributed by atoms with Crippen LogP contribution in [-0.2, 0) is 9.20 Å². The molecule has 6 heteroatoms. The van der Waals surface area contributed by atoms with E-state index >= 15 is 0 Å². The van der Waals surface area contributed by atoms with Crippen molar-refractivity contribution in [3.63, 3.8) is 0 Å². The summed E-state index contributed by atoms with van der Waals surface area (Å²) in [5.74, 6) is 1.80. The summed E-state index contributed by atoms with van der Waals surface area (Å²) in [5.41, 5.74) is 1.10. The van der Waals surface area contributed by atoms with E-state index < -0.39 is 18.3 Å². The molecule has 0 amide bonds. The van der Waals surface area contributed by atoms with Crippen LogP contribution in [0.2, 0.25) is 0 Å². The first kappa shape index (κ1) is 18.8. The van der Waals surface area contributed by atoms with Crippen LogP contribution in [0.25, 0.3) is 6.08 Å². The fourth-order valence-corrected chi connectivity index (χ4v) is 8.24. The second-order valence-corrected chi connectivity index (χ2v) is 13.7. The van der Waals surface area contributed by atoms with Gasteiger partial charge >= 0.3 is 136 Å². The van der Waals surface area contributed by atoms with Crippen LogP contribution in [0.3, 0.4) is 0 Å². The molecule has 1 aromatic carbocycles. The van der Waals surface area contributed by atoms with E-state index in [2.05, 4.69) is 0 Å². The average molecular weight is 427 g/mol. The number of ether oxygens (including phenoxy) is 1. The minimum atomic E-state index is -2.96. The van der Waals surface area contributed by atoms with Gasteiger partial charge in [-0.1, -0.05) is 0 Å². The van der Waals surface area contributed by atoms with Crippen LogP contribution in [0.5, 0.6) is 5.75 Å². The normalized spacial score (nSPS) is 12.8. The second-order valence-electron chi connectivity index (χ2n) is 3.89. The predicted octanol–water partition coefficient (Wildman–Crippen LogP) is 0.981. The fraction of sp³-hybridized carbons (Fsp3) is 0.467. The maximum atomic E-state index is 5.84. The number of para-hydroxylation sites is 1. The Labute approximate surface area is 135 Å². The summed E-state index contributed by atoms with van der Waals surface area (Å²) >= 11 is -2.96. The Morgan fingerprint density at radius 2 is 1.76 bits per heavy atom. The van der Waals surface area contributed by atoms with Crippen molar-refractivity contribution in [2.45, 2.75) is 13.3 Å². The van der Waals surface area contributed by atoms with Crippen LogP contribution >= 0.6 is 8.93 Å². The molecule has 0 heterocycles. The van der Waals surface area contributed by atoms with E-state index in [1.54, 1.807) is 30.3 Å². The first-order valence-electron chi connectivity index (χ1n) is 6.65. The van der Waals surface area contributed by atoms with Crippen molar-refractivity contribution in [3.05, 3.63) is 35.9 Å². The zero-order chi connectivity index (χ0) is 15.6. The molecule has 0 unspecified atom stereocenters. The van der Waals surface area contributed by atoms with Crippen molar-refractivity contribution in [1.29, 1.82) is 0 Å². The molecule has 122 valence electrons. The number of benzene rings is 1. The molecule has 1 rings (SSSR count). The van der Waals surface area contributed by atoms with Gasteiger partial charge in [0.05, 0.1) is 0 Å². The van der Waals surface area contributed by atoms with Crippen LogP contribution in [0.4, 0.5) is 0 Å². The Balaban J connectivity index is 2.38. The summed E-state index contributed by atoms with van der Waals surface area (Å²) in [5, 5.41) is 0. The Hall–Kier alpha value is -0.280. The van der Waals surface area contributed by atoms with Crippen molar-refractivity contribution in [3.8, 4) is 5.75 Å². The van der Waals surface area contributed by atoms with E-state index in [1.165, 1.54) is 0 Å². The number of allylic oxidation sites excluding steroid dienone is 1. The summed E-state index contributed by atoms with van der Waals surface area (Å²) < 4.78 is 22.0. The SMILES string of the molecule is C/C=C/c1ccccc1OCCCS[I-](OC)(OC)OC. The van der Waals surface area contributed by atoms with Crippen molar-refractivity contribution in [2.75, 3.05) is 33.7 Å². The number of rotatable bonds is 10. The minimum absolute atomic E-state index is 0.663. The van der Waals surface area contributed by atoms with E-state index in [0.717, 1.165) is 23.5 Å². The molecule has 0 bridgehead atoms. The Morgan fingerprint density at radius 3 is 2.38 bits per heavy atom. The van der Waals surface area contributed by atoms with E-state index in [-0.39, 0.29) is 0 Å². The van der Waals surface area contributed by atoms with Gasteiger partial charge in [-0.25, -0.2) is 0 Å². The van der Waals surface area contributed by atoms with Crippen molar-refractivity contribution in [2.24, 2.45) is 0 Å². The van der Waals surface area contributed by atoms with Crippen LogP contribution in [0.15, 0.2) is 30.3 Å². The quantitative estimate of drug-likeness (QED) is 0.411. The Kier molecular flexibility index (Phi) is 9.34. The molecule has 0 atom stereocenters. The van der Waals surface area contributed by atoms with Gasteiger partial charge in [0.25, 0.3) is 0 Å². The zero-order valence-corrected chi connectivity index (χ0v) is 16.0. The summed E-state index contributed by atoms with van der Waals surface area (Å²) in [4.78, 5) is 0. The first-order chi connectivity index (χ1) is 10.2. The first-order valence-corrected chi connectivity index (χ1v) is 12.8. The molecule has 0 saturated heterocycles. The van der Waals surface area contributed by atoms with Gasteiger partial charge in [0, 0.05) is 0 Å². The summed E-state index contributed by atoms with van der Waals surface area (Å²) in [6.07, 6.45) is 4.97. The van der Waals surface area contributed by atoms with Gasteiger partial charge in [0.2, 0.25) is 0 Å².